The average molecular weight is 330 g/mol. The van der Waals surface area contributed by atoms with Crippen LogP contribution in [0.5, 0.6) is 11.5 Å². The molecule has 0 radical (unpaired) electrons. The summed E-state index contributed by atoms with van der Waals surface area (Å²) in [6.07, 6.45) is 5.91. The van der Waals surface area contributed by atoms with Crippen molar-refractivity contribution in [3.63, 3.8) is 0 Å². The normalized spacial score (nSPS) is 23.2. The second-order valence-corrected chi connectivity index (χ2v) is 6.35. The third-order valence-corrected chi connectivity index (χ3v) is 4.14. The summed E-state index contributed by atoms with van der Waals surface area (Å²) in [5.74, 6) is -3.75. The molecule has 0 fully saturated rings. The summed E-state index contributed by atoms with van der Waals surface area (Å²) < 4.78 is 46.5. The maximum Gasteiger partial charge on any atom is 0.286 e. The highest BCUT2D eigenvalue weighted by Gasteiger charge is 2.46. The molecular formula is C19H16F2O3. The predicted molar refractivity (Wildman–Crippen MR) is 85.3 cm³/mol. The summed E-state index contributed by atoms with van der Waals surface area (Å²) in [4.78, 5) is 0. The lowest BCUT2D eigenvalue weighted by atomic mass is 9.83. The Balaban J connectivity index is 1.71. The smallest absolute Gasteiger partial charge is 0.286 e. The Morgan fingerprint density at radius 2 is 1.83 bits per heavy atom. The molecule has 124 valence electrons. The molecule has 0 saturated carbocycles. The molecule has 1 aliphatic heterocycles. The molecule has 0 amide bonds. The quantitative estimate of drug-likeness (QED) is 0.762. The fourth-order valence-electron chi connectivity index (χ4n) is 3.09. The van der Waals surface area contributed by atoms with Crippen LogP contribution in [0.4, 0.5) is 8.78 Å². The Bertz CT molecular complexity index is 832. The topological polar surface area (TPSA) is 31.6 Å². The largest absolute Gasteiger partial charge is 0.464 e. The molecule has 1 atom stereocenters. The van der Waals surface area contributed by atoms with Gasteiger partial charge in [-0.1, -0.05) is 18.2 Å². The van der Waals surface area contributed by atoms with Crippen LogP contribution < -0.4 is 9.47 Å². The van der Waals surface area contributed by atoms with E-state index in [4.69, 9.17) is 13.9 Å². The number of halogens is 2. The van der Waals surface area contributed by atoms with Crippen molar-refractivity contribution < 1.29 is 22.7 Å². The molecule has 3 nitrogen and oxygen atoms in total. The second kappa shape index (κ2) is 4.97. The van der Waals surface area contributed by atoms with E-state index in [9.17, 15) is 0 Å². The number of allylic oxidation sites excluding steroid dienone is 4. The number of ether oxygens (including phenoxy) is 2. The maximum atomic E-state index is 15.0. The molecule has 1 aliphatic carbocycles. The Kier molecular flexibility index (Phi) is 3.10. The highest BCUT2D eigenvalue weighted by atomic mass is 19.3. The minimum absolute atomic E-state index is 0.127. The van der Waals surface area contributed by atoms with Crippen molar-refractivity contribution in [1.29, 1.82) is 0 Å². The molecule has 4 rings (SSSR count). The third-order valence-electron chi connectivity index (χ3n) is 4.14. The summed E-state index contributed by atoms with van der Waals surface area (Å²) in [5, 5.41) is 0. The van der Waals surface area contributed by atoms with Crippen LogP contribution in [-0.4, -0.2) is 11.7 Å². The Morgan fingerprint density at radius 3 is 2.58 bits per heavy atom. The molecule has 2 heterocycles. The predicted octanol–water partition coefficient (Wildman–Crippen LogP) is 5.16. The van der Waals surface area contributed by atoms with E-state index >= 15 is 8.78 Å². The van der Waals surface area contributed by atoms with E-state index in [1.807, 2.05) is 0 Å². The van der Waals surface area contributed by atoms with E-state index in [2.05, 4.69) is 0 Å². The number of rotatable bonds is 2. The number of furan rings is 1. The van der Waals surface area contributed by atoms with E-state index < -0.39 is 17.6 Å². The van der Waals surface area contributed by atoms with Gasteiger partial charge >= 0.3 is 0 Å². The van der Waals surface area contributed by atoms with Crippen molar-refractivity contribution in [2.24, 2.45) is 0 Å². The van der Waals surface area contributed by atoms with E-state index in [0.717, 1.165) is 0 Å². The van der Waals surface area contributed by atoms with Gasteiger partial charge in [-0.3, -0.25) is 0 Å². The van der Waals surface area contributed by atoms with Crippen LogP contribution in [0, 0.1) is 0 Å². The van der Waals surface area contributed by atoms with Crippen molar-refractivity contribution in [3.05, 3.63) is 66.1 Å². The standard InChI is InChI=1S/C19H16F2O3/c1-18(2)23-16-9-8-12(11-17(16)24-18)13-5-3-6-14(19(13,20)21)15-7-4-10-22-15/h3-11,13H,1-2H3. The zero-order valence-corrected chi connectivity index (χ0v) is 13.3. The van der Waals surface area contributed by atoms with Crippen LogP contribution in [0.25, 0.3) is 5.57 Å². The molecule has 0 spiro atoms. The number of benzene rings is 1. The molecule has 1 aromatic carbocycles. The lowest BCUT2D eigenvalue weighted by Gasteiger charge is -2.28. The lowest BCUT2D eigenvalue weighted by Crippen LogP contribution is -2.29. The molecule has 24 heavy (non-hydrogen) atoms. The zero-order valence-electron chi connectivity index (χ0n) is 13.3. The summed E-state index contributed by atoms with van der Waals surface area (Å²) in [6.45, 7) is 3.55. The van der Waals surface area contributed by atoms with E-state index in [1.54, 1.807) is 44.2 Å². The van der Waals surface area contributed by atoms with Crippen LogP contribution in [-0.2, 0) is 0 Å². The molecule has 1 aromatic heterocycles. The number of alkyl halides is 2. The van der Waals surface area contributed by atoms with Crippen molar-refractivity contribution >= 4 is 5.57 Å². The molecular weight excluding hydrogens is 314 g/mol. The first-order valence-corrected chi connectivity index (χ1v) is 7.69. The van der Waals surface area contributed by atoms with Crippen molar-refractivity contribution in [1.82, 2.24) is 0 Å². The van der Waals surface area contributed by atoms with Crippen LogP contribution >= 0.6 is 0 Å². The van der Waals surface area contributed by atoms with E-state index in [1.165, 1.54) is 24.5 Å². The van der Waals surface area contributed by atoms with Crippen molar-refractivity contribution in [2.45, 2.75) is 31.5 Å². The zero-order chi connectivity index (χ0) is 16.9. The summed E-state index contributed by atoms with van der Waals surface area (Å²) in [5.41, 5.74) is 0.339. The van der Waals surface area contributed by atoms with Crippen LogP contribution in [0.2, 0.25) is 0 Å². The maximum absolute atomic E-state index is 15.0. The third kappa shape index (κ3) is 2.31. The molecule has 2 aromatic rings. The Hall–Kier alpha value is -2.56. The molecule has 1 unspecified atom stereocenters. The summed E-state index contributed by atoms with van der Waals surface area (Å²) >= 11 is 0. The van der Waals surface area contributed by atoms with Gasteiger partial charge in [0.15, 0.2) is 11.5 Å². The summed E-state index contributed by atoms with van der Waals surface area (Å²) in [7, 11) is 0. The molecule has 5 heteroatoms. The van der Waals surface area contributed by atoms with Gasteiger partial charge in [0.25, 0.3) is 5.92 Å². The number of hydrogen-bond acceptors (Lipinski definition) is 3. The minimum atomic E-state index is -3.09. The van der Waals surface area contributed by atoms with Gasteiger partial charge in [0.1, 0.15) is 5.76 Å². The Labute approximate surface area is 138 Å². The summed E-state index contributed by atoms with van der Waals surface area (Å²) in [6, 6.07) is 8.09. The van der Waals surface area contributed by atoms with Crippen LogP contribution in [0.1, 0.15) is 31.1 Å². The van der Waals surface area contributed by atoms with Gasteiger partial charge in [-0.05, 0) is 35.9 Å². The molecule has 0 saturated heterocycles. The van der Waals surface area contributed by atoms with Gasteiger partial charge in [0.2, 0.25) is 5.79 Å². The second-order valence-electron chi connectivity index (χ2n) is 6.35. The van der Waals surface area contributed by atoms with Gasteiger partial charge in [0.05, 0.1) is 17.8 Å². The van der Waals surface area contributed by atoms with Gasteiger partial charge in [-0.2, -0.15) is 0 Å². The minimum Gasteiger partial charge on any atom is -0.464 e. The van der Waals surface area contributed by atoms with E-state index in [-0.39, 0.29) is 11.3 Å². The number of fused-ring (bicyclic) bond motifs is 1. The fourth-order valence-corrected chi connectivity index (χ4v) is 3.09. The first-order chi connectivity index (χ1) is 11.4. The van der Waals surface area contributed by atoms with Gasteiger partial charge in [-0.15, -0.1) is 0 Å². The number of hydrogen-bond donors (Lipinski definition) is 0. The lowest BCUT2D eigenvalue weighted by molar-refractivity contribution is -0.0431. The van der Waals surface area contributed by atoms with E-state index in [0.29, 0.717) is 17.1 Å². The van der Waals surface area contributed by atoms with Gasteiger partial charge in [-0.25, -0.2) is 8.78 Å². The monoisotopic (exact) mass is 330 g/mol. The SMILES string of the molecule is CC1(C)Oc2ccc(C3C=CC=C(c4ccco4)C3(F)F)cc2O1. The molecule has 2 aliphatic rings. The van der Waals surface area contributed by atoms with Gasteiger partial charge in [0, 0.05) is 13.8 Å². The van der Waals surface area contributed by atoms with Crippen LogP contribution in [0.3, 0.4) is 0 Å². The first-order valence-electron chi connectivity index (χ1n) is 7.69. The van der Waals surface area contributed by atoms with Gasteiger partial charge < -0.3 is 13.9 Å². The van der Waals surface area contributed by atoms with Crippen molar-refractivity contribution in [2.75, 3.05) is 0 Å². The first kappa shape index (κ1) is 15.0. The van der Waals surface area contributed by atoms with Crippen molar-refractivity contribution in [3.8, 4) is 11.5 Å². The highest BCUT2D eigenvalue weighted by Crippen LogP contribution is 2.49. The highest BCUT2D eigenvalue weighted by molar-refractivity contribution is 5.72. The fraction of sp³-hybridized carbons (Fsp3) is 0.263. The molecule has 0 bridgehead atoms. The average Bonchev–Trinajstić information content (AvgIpc) is 3.11. The van der Waals surface area contributed by atoms with Crippen LogP contribution in [0.15, 0.2) is 59.2 Å². The molecule has 0 N–H and O–H groups in total. The Morgan fingerprint density at radius 1 is 1.04 bits per heavy atom.